The fourth-order valence-corrected chi connectivity index (χ4v) is 5.27. The molecule has 124 valence electrons. The molecule has 0 saturated carbocycles. The second-order valence-corrected chi connectivity index (χ2v) is 7.70. The summed E-state index contributed by atoms with van der Waals surface area (Å²) in [6, 6.07) is 0.726. The van der Waals surface area contributed by atoms with Crippen molar-refractivity contribution in [1.29, 1.82) is 0 Å². The highest BCUT2D eigenvalue weighted by molar-refractivity contribution is 5.90. The molecule has 1 spiro atoms. The van der Waals surface area contributed by atoms with Crippen LogP contribution in [0.5, 0.6) is 0 Å². The minimum Gasteiger partial charge on any atom is -0.449 e. The van der Waals surface area contributed by atoms with E-state index in [0.717, 1.165) is 37.0 Å². The molecule has 1 unspecified atom stereocenters. The maximum Gasteiger partial charge on any atom is 0.332 e. The first kappa shape index (κ1) is 14.5. The summed E-state index contributed by atoms with van der Waals surface area (Å²) < 4.78 is 5.94. The highest BCUT2D eigenvalue weighted by Crippen LogP contribution is 2.53. The lowest BCUT2D eigenvalue weighted by Crippen LogP contribution is -2.48. The molecule has 0 radical (unpaired) electrons. The molecule has 4 atom stereocenters. The summed E-state index contributed by atoms with van der Waals surface area (Å²) in [5.74, 6) is 7.04. The van der Waals surface area contributed by atoms with Crippen LogP contribution < -0.4 is 0 Å². The van der Waals surface area contributed by atoms with Crippen molar-refractivity contribution in [3.8, 4) is 11.8 Å². The SMILES string of the molecule is O=C1C=C2C(C#CC3C=CCCC3)=C[C@@H]3C[C@@]2(O1)[C@H]1CCCCN31. The quantitative estimate of drug-likeness (QED) is 0.390. The van der Waals surface area contributed by atoms with Crippen molar-refractivity contribution in [3.63, 3.8) is 0 Å². The Morgan fingerprint density at radius 3 is 3.08 bits per heavy atom. The Hall–Kier alpha value is -1.79. The van der Waals surface area contributed by atoms with Crippen molar-refractivity contribution >= 4 is 5.97 Å². The third-order valence-electron chi connectivity index (χ3n) is 6.32. The van der Waals surface area contributed by atoms with Gasteiger partial charge in [0.05, 0.1) is 6.04 Å². The second-order valence-electron chi connectivity index (χ2n) is 7.70. The first-order chi connectivity index (χ1) is 11.8. The second kappa shape index (κ2) is 5.36. The topological polar surface area (TPSA) is 29.5 Å². The molecular weight excluding hydrogens is 298 g/mol. The zero-order valence-electron chi connectivity index (χ0n) is 14.0. The lowest BCUT2D eigenvalue weighted by atomic mass is 9.76. The zero-order valence-corrected chi connectivity index (χ0v) is 14.0. The third-order valence-corrected chi connectivity index (χ3v) is 6.32. The van der Waals surface area contributed by atoms with E-state index < -0.39 is 5.60 Å². The molecule has 2 fully saturated rings. The Balaban J connectivity index is 1.53. The van der Waals surface area contributed by atoms with Crippen molar-refractivity contribution in [2.75, 3.05) is 6.54 Å². The summed E-state index contributed by atoms with van der Waals surface area (Å²) >= 11 is 0. The molecule has 2 bridgehead atoms. The number of esters is 1. The van der Waals surface area contributed by atoms with Gasteiger partial charge in [0, 0.05) is 35.6 Å². The van der Waals surface area contributed by atoms with E-state index in [9.17, 15) is 4.79 Å². The molecule has 0 aromatic rings. The predicted molar refractivity (Wildman–Crippen MR) is 92.0 cm³/mol. The summed E-state index contributed by atoms with van der Waals surface area (Å²) in [5, 5.41) is 0. The fourth-order valence-electron chi connectivity index (χ4n) is 5.27. The number of nitrogens with zero attached hydrogens (tertiary/aromatic N) is 1. The van der Waals surface area contributed by atoms with Gasteiger partial charge in [0.25, 0.3) is 0 Å². The van der Waals surface area contributed by atoms with Crippen molar-refractivity contribution in [1.82, 2.24) is 4.90 Å². The van der Waals surface area contributed by atoms with Gasteiger partial charge in [0.2, 0.25) is 0 Å². The van der Waals surface area contributed by atoms with Crippen LogP contribution in [0.25, 0.3) is 0 Å². The normalized spacial score (nSPS) is 40.0. The number of carbonyl (C=O) groups excluding carboxylic acids is 1. The number of hydrogen-bond acceptors (Lipinski definition) is 3. The minimum absolute atomic E-state index is 0.177. The number of ether oxygens (including phenoxy) is 1. The first-order valence-electron chi connectivity index (χ1n) is 9.37. The predicted octanol–water partition coefficient (Wildman–Crippen LogP) is 3.13. The van der Waals surface area contributed by atoms with Gasteiger partial charge in [-0.05, 0) is 38.6 Å². The average molecular weight is 321 g/mol. The van der Waals surface area contributed by atoms with Crippen molar-refractivity contribution < 1.29 is 9.53 Å². The van der Waals surface area contributed by atoms with Gasteiger partial charge in [-0.2, -0.15) is 0 Å². The van der Waals surface area contributed by atoms with E-state index in [0.29, 0.717) is 18.0 Å². The number of piperidine rings is 1. The van der Waals surface area contributed by atoms with Crippen LogP contribution in [0.15, 0.2) is 35.5 Å². The first-order valence-corrected chi connectivity index (χ1v) is 9.37. The van der Waals surface area contributed by atoms with Gasteiger partial charge in [-0.15, -0.1) is 0 Å². The molecule has 2 saturated heterocycles. The summed E-state index contributed by atoms with van der Waals surface area (Å²) in [7, 11) is 0. The van der Waals surface area contributed by atoms with Crippen LogP contribution in [0.1, 0.15) is 44.9 Å². The smallest absolute Gasteiger partial charge is 0.332 e. The minimum atomic E-state index is -0.413. The zero-order chi connectivity index (χ0) is 16.1. The number of fused-ring (bicyclic) bond motifs is 3. The summed E-state index contributed by atoms with van der Waals surface area (Å²) in [5.41, 5.74) is 1.69. The number of carbonyl (C=O) groups is 1. The number of rotatable bonds is 0. The Labute approximate surface area is 143 Å². The van der Waals surface area contributed by atoms with Gasteiger partial charge in [0.15, 0.2) is 5.60 Å². The maximum absolute atomic E-state index is 12.1. The molecule has 3 nitrogen and oxygen atoms in total. The van der Waals surface area contributed by atoms with E-state index in [2.05, 4.69) is 35.0 Å². The van der Waals surface area contributed by atoms with Crippen LogP contribution in [0, 0.1) is 17.8 Å². The van der Waals surface area contributed by atoms with Gasteiger partial charge in [-0.25, -0.2) is 4.79 Å². The van der Waals surface area contributed by atoms with Crippen molar-refractivity contribution in [3.05, 3.63) is 35.5 Å². The molecule has 0 amide bonds. The standard InChI is InChI=1S/C21H23NO2/c23-20-13-18-16(10-9-15-6-2-1-3-7-15)12-17-14-21(18,24-20)19-8-4-5-11-22(17)19/h2,6,12-13,15,17,19H,1,3-5,7-8,11,14H2/t15?,17-,19-,21+/m1/s1. The van der Waals surface area contributed by atoms with Gasteiger partial charge < -0.3 is 4.74 Å². The van der Waals surface area contributed by atoms with Crippen LogP contribution in [0.4, 0.5) is 0 Å². The lowest BCUT2D eigenvalue weighted by molar-refractivity contribution is -0.148. The van der Waals surface area contributed by atoms with Crippen molar-refractivity contribution in [2.24, 2.45) is 5.92 Å². The molecular formula is C21H23NO2. The van der Waals surface area contributed by atoms with Gasteiger partial charge in [-0.3, -0.25) is 4.90 Å². The van der Waals surface area contributed by atoms with E-state index in [4.69, 9.17) is 4.74 Å². The van der Waals surface area contributed by atoms with E-state index >= 15 is 0 Å². The van der Waals surface area contributed by atoms with Crippen LogP contribution in [0.2, 0.25) is 0 Å². The molecule has 24 heavy (non-hydrogen) atoms. The molecule has 5 rings (SSSR count). The van der Waals surface area contributed by atoms with Crippen LogP contribution in [-0.4, -0.2) is 35.1 Å². The summed E-state index contributed by atoms with van der Waals surface area (Å²) in [6.07, 6.45) is 16.6. The van der Waals surface area contributed by atoms with E-state index in [1.807, 2.05) is 0 Å². The largest absolute Gasteiger partial charge is 0.449 e. The molecule has 0 N–H and O–H groups in total. The molecule has 3 heterocycles. The van der Waals surface area contributed by atoms with E-state index in [-0.39, 0.29) is 5.97 Å². The fraction of sp³-hybridized carbons (Fsp3) is 0.571. The summed E-state index contributed by atoms with van der Waals surface area (Å²) in [4.78, 5) is 14.7. The highest BCUT2D eigenvalue weighted by Gasteiger charge is 2.61. The third kappa shape index (κ3) is 2.06. The summed E-state index contributed by atoms with van der Waals surface area (Å²) in [6.45, 7) is 1.12. The molecule has 0 aromatic carbocycles. The van der Waals surface area contributed by atoms with Crippen molar-refractivity contribution in [2.45, 2.75) is 62.6 Å². The number of hydrogen-bond donors (Lipinski definition) is 0. The van der Waals surface area contributed by atoms with Crippen LogP contribution in [-0.2, 0) is 9.53 Å². The van der Waals surface area contributed by atoms with Gasteiger partial charge in [0.1, 0.15) is 0 Å². The van der Waals surface area contributed by atoms with Gasteiger partial charge >= 0.3 is 5.97 Å². The van der Waals surface area contributed by atoms with Crippen LogP contribution in [0.3, 0.4) is 0 Å². The highest BCUT2D eigenvalue weighted by atomic mass is 16.6. The van der Waals surface area contributed by atoms with E-state index in [1.165, 1.54) is 25.7 Å². The average Bonchev–Trinajstić information content (AvgIpc) is 3.09. The van der Waals surface area contributed by atoms with E-state index in [1.54, 1.807) is 6.08 Å². The molecule has 5 aliphatic rings. The van der Waals surface area contributed by atoms with Crippen LogP contribution >= 0.6 is 0 Å². The molecule has 3 heteroatoms. The Bertz CT molecular complexity index is 735. The molecule has 2 aliphatic carbocycles. The molecule has 0 aromatic heterocycles. The monoisotopic (exact) mass is 321 g/mol. The Morgan fingerprint density at radius 2 is 2.21 bits per heavy atom. The maximum atomic E-state index is 12.1. The lowest BCUT2D eigenvalue weighted by Gasteiger charge is -2.38. The number of allylic oxidation sites excluding steroid dienone is 2. The Morgan fingerprint density at radius 1 is 1.25 bits per heavy atom. The Kier molecular flexibility index (Phi) is 3.25. The molecule has 3 aliphatic heterocycles. The van der Waals surface area contributed by atoms with Gasteiger partial charge in [-0.1, -0.05) is 36.5 Å².